The van der Waals surface area contributed by atoms with Crippen LogP contribution < -0.4 is 4.74 Å². The van der Waals surface area contributed by atoms with Gasteiger partial charge in [0.15, 0.2) is 0 Å². The van der Waals surface area contributed by atoms with Gasteiger partial charge in [0.25, 0.3) is 0 Å². The van der Waals surface area contributed by atoms with Crippen molar-refractivity contribution in [1.82, 2.24) is 4.90 Å². The molecule has 4 heteroatoms. The minimum atomic E-state index is -0.866. The summed E-state index contributed by atoms with van der Waals surface area (Å²) in [4.78, 5) is 2.16. The number of methoxy groups -OCH3 is 1. The second-order valence-electron chi connectivity index (χ2n) is 7.67. The predicted octanol–water partition coefficient (Wildman–Crippen LogP) is 4.68. The summed E-state index contributed by atoms with van der Waals surface area (Å²) in [5, 5.41) is 12.5. The number of aliphatic hydroxyl groups is 1. The summed E-state index contributed by atoms with van der Waals surface area (Å²) in [5.41, 5.74) is 2.38. The van der Waals surface area contributed by atoms with E-state index >= 15 is 0 Å². The Balaban J connectivity index is 1.94. The number of benzene rings is 2. The highest BCUT2D eigenvalue weighted by molar-refractivity contribution is 6.30. The van der Waals surface area contributed by atoms with E-state index in [1.165, 1.54) is 0 Å². The van der Waals surface area contributed by atoms with E-state index in [0.29, 0.717) is 11.4 Å². The van der Waals surface area contributed by atoms with Crippen LogP contribution in [0.2, 0.25) is 5.02 Å². The molecule has 144 valence electrons. The lowest BCUT2D eigenvalue weighted by atomic mass is 9.81. The van der Waals surface area contributed by atoms with Gasteiger partial charge in [-0.15, -0.1) is 0 Å². The Morgan fingerprint density at radius 2 is 1.96 bits per heavy atom. The highest BCUT2D eigenvalue weighted by atomic mass is 35.5. The fourth-order valence-corrected chi connectivity index (χ4v) is 4.26. The Kier molecular flexibility index (Phi) is 6.25. The number of hydrogen-bond acceptors (Lipinski definition) is 3. The zero-order chi connectivity index (χ0) is 19.4. The van der Waals surface area contributed by atoms with E-state index in [1.807, 2.05) is 48.5 Å². The summed E-state index contributed by atoms with van der Waals surface area (Å²) in [5.74, 6) is 1.03. The van der Waals surface area contributed by atoms with Crippen molar-refractivity contribution in [3.05, 3.63) is 70.3 Å². The lowest BCUT2D eigenvalue weighted by Gasteiger charge is -2.33. The molecule has 0 amide bonds. The number of nitrogens with zero attached hydrogens (tertiary/aromatic N) is 1. The van der Waals surface area contributed by atoms with E-state index in [0.717, 1.165) is 41.8 Å². The summed E-state index contributed by atoms with van der Waals surface area (Å²) < 4.78 is 5.24. The van der Waals surface area contributed by atoms with Crippen LogP contribution in [-0.2, 0) is 6.42 Å². The van der Waals surface area contributed by atoms with E-state index in [9.17, 15) is 5.11 Å². The Morgan fingerprint density at radius 1 is 1.22 bits per heavy atom. The lowest BCUT2D eigenvalue weighted by Crippen LogP contribution is -2.42. The minimum absolute atomic E-state index is 0.191. The van der Waals surface area contributed by atoms with Gasteiger partial charge in [0.05, 0.1) is 12.7 Å². The van der Waals surface area contributed by atoms with E-state index in [4.69, 9.17) is 16.3 Å². The average molecular weight is 386 g/mol. The molecule has 27 heavy (non-hydrogen) atoms. The smallest absolute Gasteiger partial charge is 0.118 e. The summed E-state index contributed by atoms with van der Waals surface area (Å²) in [6.07, 6.45) is 4.60. The molecule has 1 saturated carbocycles. The van der Waals surface area contributed by atoms with Crippen molar-refractivity contribution in [2.24, 2.45) is 5.92 Å². The largest absolute Gasteiger partial charge is 0.497 e. The van der Waals surface area contributed by atoms with Gasteiger partial charge in [-0.1, -0.05) is 41.9 Å². The van der Waals surface area contributed by atoms with Crippen LogP contribution in [0.4, 0.5) is 0 Å². The topological polar surface area (TPSA) is 32.7 Å². The molecule has 0 bridgehead atoms. The molecule has 1 fully saturated rings. The van der Waals surface area contributed by atoms with Crippen LogP contribution >= 0.6 is 11.6 Å². The number of rotatable bonds is 6. The molecule has 0 radical (unpaired) electrons. The molecular weight excluding hydrogens is 358 g/mol. The first kappa shape index (κ1) is 19.9. The summed E-state index contributed by atoms with van der Waals surface area (Å²) >= 11 is 6.17. The van der Waals surface area contributed by atoms with Crippen molar-refractivity contribution in [1.29, 1.82) is 0 Å². The van der Waals surface area contributed by atoms with Gasteiger partial charge in [0.1, 0.15) is 5.75 Å². The van der Waals surface area contributed by atoms with Crippen LogP contribution in [0.25, 0.3) is 6.08 Å². The normalized spacial score (nSPS) is 23.9. The van der Waals surface area contributed by atoms with Gasteiger partial charge in [0, 0.05) is 23.9 Å². The third kappa shape index (κ3) is 4.73. The van der Waals surface area contributed by atoms with Gasteiger partial charge in [0.2, 0.25) is 0 Å². The Hall–Kier alpha value is -1.81. The zero-order valence-corrected chi connectivity index (χ0v) is 17.0. The maximum atomic E-state index is 11.8. The van der Waals surface area contributed by atoms with Gasteiger partial charge in [-0.2, -0.15) is 0 Å². The number of hydrogen-bond donors (Lipinski definition) is 1. The number of ether oxygens (including phenoxy) is 1. The Morgan fingerprint density at radius 3 is 2.59 bits per heavy atom. The van der Waals surface area contributed by atoms with Gasteiger partial charge in [-0.25, -0.2) is 0 Å². The molecule has 0 saturated heterocycles. The van der Waals surface area contributed by atoms with Crippen molar-refractivity contribution in [3.63, 3.8) is 0 Å². The monoisotopic (exact) mass is 385 g/mol. The van der Waals surface area contributed by atoms with Crippen molar-refractivity contribution < 1.29 is 9.84 Å². The fraction of sp³-hybridized carbons (Fsp3) is 0.391. The first-order chi connectivity index (χ1) is 12.9. The zero-order valence-electron chi connectivity index (χ0n) is 16.3. The van der Waals surface area contributed by atoms with E-state index in [1.54, 1.807) is 7.11 Å². The first-order valence-corrected chi connectivity index (χ1v) is 9.75. The van der Waals surface area contributed by atoms with Crippen LogP contribution in [0.3, 0.4) is 0 Å². The molecule has 3 nitrogen and oxygen atoms in total. The molecule has 0 heterocycles. The van der Waals surface area contributed by atoms with Crippen LogP contribution in [0.1, 0.15) is 24.0 Å². The standard InChI is InChI=1S/C23H28ClNO2/c1-25(2)16-20-10-9-19(13-17-7-11-22(27-3)12-8-17)23(20,26)15-18-5-4-6-21(24)14-18/h4-8,11-14,20,26H,9-10,15-16H2,1-3H3/b19-13+. The maximum Gasteiger partial charge on any atom is 0.118 e. The molecule has 2 unspecified atom stereocenters. The van der Waals surface area contributed by atoms with Crippen molar-refractivity contribution in [3.8, 4) is 5.75 Å². The van der Waals surface area contributed by atoms with Crippen LogP contribution in [0.15, 0.2) is 54.1 Å². The molecule has 0 spiro atoms. The van der Waals surface area contributed by atoms with Crippen molar-refractivity contribution in [2.75, 3.05) is 27.7 Å². The molecular formula is C23H28ClNO2. The van der Waals surface area contributed by atoms with Crippen molar-refractivity contribution >= 4 is 17.7 Å². The van der Waals surface area contributed by atoms with Gasteiger partial charge in [-0.05, 0) is 67.9 Å². The average Bonchev–Trinajstić information content (AvgIpc) is 2.91. The Bertz CT molecular complexity index is 800. The quantitative estimate of drug-likeness (QED) is 0.783. The van der Waals surface area contributed by atoms with Gasteiger partial charge >= 0.3 is 0 Å². The molecule has 3 rings (SSSR count). The van der Waals surface area contributed by atoms with E-state index < -0.39 is 5.60 Å². The number of halogens is 1. The maximum absolute atomic E-state index is 11.8. The van der Waals surface area contributed by atoms with Crippen LogP contribution in [-0.4, -0.2) is 43.4 Å². The highest BCUT2D eigenvalue weighted by Crippen LogP contribution is 2.44. The van der Waals surface area contributed by atoms with Crippen molar-refractivity contribution in [2.45, 2.75) is 24.9 Å². The molecule has 0 aliphatic heterocycles. The molecule has 1 N–H and O–H groups in total. The lowest BCUT2D eigenvalue weighted by molar-refractivity contribution is 0.0257. The second kappa shape index (κ2) is 8.47. The molecule has 0 aromatic heterocycles. The fourth-order valence-electron chi connectivity index (χ4n) is 4.04. The molecule has 2 atom stereocenters. The Labute approximate surface area is 167 Å². The second-order valence-corrected chi connectivity index (χ2v) is 8.11. The summed E-state index contributed by atoms with van der Waals surface area (Å²) in [7, 11) is 5.79. The molecule has 2 aromatic rings. The van der Waals surface area contributed by atoms with Crippen LogP contribution in [0.5, 0.6) is 5.75 Å². The predicted molar refractivity (Wildman–Crippen MR) is 112 cm³/mol. The first-order valence-electron chi connectivity index (χ1n) is 9.37. The molecule has 1 aliphatic carbocycles. The molecule has 2 aromatic carbocycles. The highest BCUT2D eigenvalue weighted by Gasteiger charge is 2.45. The van der Waals surface area contributed by atoms with Crippen LogP contribution in [0, 0.1) is 5.92 Å². The summed E-state index contributed by atoms with van der Waals surface area (Å²) in [6, 6.07) is 15.8. The van der Waals surface area contributed by atoms with E-state index in [-0.39, 0.29) is 5.92 Å². The SMILES string of the molecule is COc1ccc(/C=C2\CCC(CN(C)C)C2(O)Cc2cccc(Cl)c2)cc1. The third-order valence-corrected chi connectivity index (χ3v) is 5.63. The van der Waals surface area contributed by atoms with Gasteiger partial charge in [-0.3, -0.25) is 0 Å². The summed E-state index contributed by atoms with van der Waals surface area (Å²) in [6.45, 7) is 0.858. The minimum Gasteiger partial charge on any atom is -0.497 e. The van der Waals surface area contributed by atoms with E-state index in [2.05, 4.69) is 25.1 Å². The van der Waals surface area contributed by atoms with Gasteiger partial charge < -0.3 is 14.7 Å². The third-order valence-electron chi connectivity index (χ3n) is 5.40. The molecule has 1 aliphatic rings.